The second-order valence-corrected chi connectivity index (χ2v) is 6.22. The molecule has 0 spiro atoms. The second kappa shape index (κ2) is 8.70. The molecule has 0 amide bonds. The second-order valence-electron chi connectivity index (χ2n) is 6.22. The summed E-state index contributed by atoms with van der Waals surface area (Å²) in [7, 11) is 0. The Hall–Kier alpha value is -4.46. The number of aromatic nitrogens is 4. The lowest BCUT2D eigenvalue weighted by molar-refractivity contribution is 1.15. The lowest BCUT2D eigenvalue weighted by atomic mass is 10.2. The van der Waals surface area contributed by atoms with E-state index < -0.39 is 0 Å². The molecular weight excluding hydrogens is 376 g/mol. The van der Waals surface area contributed by atoms with E-state index in [1.807, 2.05) is 60.7 Å². The Morgan fingerprint density at radius 2 is 0.967 bits per heavy atom. The predicted octanol–water partition coefficient (Wildman–Crippen LogP) is 2.63. The minimum atomic E-state index is 0.136. The Morgan fingerprint density at radius 1 is 0.533 bits per heavy atom. The van der Waals surface area contributed by atoms with Gasteiger partial charge in [0.1, 0.15) is 11.4 Å². The minimum Gasteiger partial charge on any atom is -0.380 e. The topological polar surface area (TPSA) is 128 Å². The molecule has 0 bridgehead atoms. The summed E-state index contributed by atoms with van der Waals surface area (Å²) in [5.74, 6) is 0.272. The number of pyridine rings is 4. The van der Waals surface area contributed by atoms with Crippen molar-refractivity contribution in [3.05, 3.63) is 96.6 Å². The lowest BCUT2D eigenvalue weighted by Gasteiger charge is -2.04. The van der Waals surface area contributed by atoms with Gasteiger partial charge in [-0.05, 0) is 48.5 Å². The van der Waals surface area contributed by atoms with Crippen molar-refractivity contribution in [1.82, 2.24) is 19.9 Å². The first-order chi connectivity index (χ1) is 14.7. The summed E-state index contributed by atoms with van der Waals surface area (Å²) < 4.78 is 0. The maximum Gasteiger partial charge on any atom is 0.172 e. The van der Waals surface area contributed by atoms with Crippen LogP contribution in [0.1, 0.15) is 11.4 Å². The van der Waals surface area contributed by atoms with Crippen LogP contribution in [0.25, 0.3) is 22.8 Å². The van der Waals surface area contributed by atoms with E-state index in [-0.39, 0.29) is 11.7 Å². The monoisotopic (exact) mass is 394 g/mol. The van der Waals surface area contributed by atoms with Crippen molar-refractivity contribution in [2.75, 3.05) is 0 Å². The summed E-state index contributed by atoms with van der Waals surface area (Å²) in [6.07, 6.45) is 3.41. The first-order valence-electron chi connectivity index (χ1n) is 9.15. The average Bonchev–Trinajstić information content (AvgIpc) is 2.83. The molecule has 4 N–H and O–H groups in total. The molecule has 4 heterocycles. The van der Waals surface area contributed by atoms with Crippen LogP contribution >= 0.6 is 0 Å². The highest BCUT2D eigenvalue weighted by Gasteiger charge is 2.07. The van der Waals surface area contributed by atoms with Gasteiger partial charge in [-0.1, -0.05) is 24.3 Å². The normalized spacial score (nSPS) is 12.0. The standard InChI is InChI=1S/C22H18N8/c23-21(19-11-5-9-17(27-19)15-7-1-3-13-25-15)29-30-22(24)20-12-6-10-18(28-20)16-8-2-4-14-26-16/h1-14H,(H2,23,29)(H2,24,30). The fraction of sp³-hybridized carbons (Fsp3) is 0. The van der Waals surface area contributed by atoms with Crippen molar-refractivity contribution in [1.29, 1.82) is 0 Å². The zero-order valence-corrected chi connectivity index (χ0v) is 15.9. The number of rotatable bonds is 5. The van der Waals surface area contributed by atoms with Crippen molar-refractivity contribution in [3.63, 3.8) is 0 Å². The van der Waals surface area contributed by atoms with Gasteiger partial charge in [0.15, 0.2) is 11.7 Å². The molecule has 4 rings (SSSR count). The van der Waals surface area contributed by atoms with Gasteiger partial charge in [0.2, 0.25) is 0 Å². The molecular formula is C22H18N8. The quantitative estimate of drug-likeness (QED) is 0.304. The van der Waals surface area contributed by atoms with Gasteiger partial charge in [0, 0.05) is 12.4 Å². The SMILES string of the molecule is N/C(=N\N=C(/N)c1cccc(-c2ccccn2)n1)c1cccc(-c2ccccn2)n1. The number of hydrogen-bond acceptors (Lipinski definition) is 6. The van der Waals surface area contributed by atoms with E-state index in [1.54, 1.807) is 24.5 Å². The van der Waals surface area contributed by atoms with Crippen LogP contribution in [-0.4, -0.2) is 31.6 Å². The molecule has 0 aliphatic carbocycles. The van der Waals surface area contributed by atoms with Gasteiger partial charge >= 0.3 is 0 Å². The highest BCUT2D eigenvalue weighted by molar-refractivity contribution is 5.99. The molecule has 0 radical (unpaired) electrons. The smallest absolute Gasteiger partial charge is 0.172 e. The van der Waals surface area contributed by atoms with Crippen LogP contribution in [0.5, 0.6) is 0 Å². The Morgan fingerprint density at radius 3 is 1.37 bits per heavy atom. The third-order valence-corrected chi connectivity index (χ3v) is 4.14. The fourth-order valence-corrected chi connectivity index (χ4v) is 2.68. The van der Waals surface area contributed by atoms with E-state index >= 15 is 0 Å². The molecule has 4 aromatic rings. The summed E-state index contributed by atoms with van der Waals surface area (Å²) in [4.78, 5) is 17.6. The van der Waals surface area contributed by atoms with E-state index in [4.69, 9.17) is 11.5 Å². The van der Waals surface area contributed by atoms with Crippen LogP contribution in [0.2, 0.25) is 0 Å². The Bertz CT molecular complexity index is 1110. The Kier molecular flexibility index (Phi) is 5.47. The number of amidine groups is 2. The van der Waals surface area contributed by atoms with Gasteiger partial charge in [0.25, 0.3) is 0 Å². The highest BCUT2D eigenvalue weighted by Crippen LogP contribution is 2.15. The minimum absolute atomic E-state index is 0.136. The molecule has 30 heavy (non-hydrogen) atoms. The predicted molar refractivity (Wildman–Crippen MR) is 116 cm³/mol. The average molecular weight is 394 g/mol. The fourth-order valence-electron chi connectivity index (χ4n) is 2.68. The Labute approximate surface area is 173 Å². The molecule has 8 nitrogen and oxygen atoms in total. The van der Waals surface area contributed by atoms with E-state index in [0.717, 1.165) is 11.4 Å². The van der Waals surface area contributed by atoms with Crippen molar-refractivity contribution >= 4 is 11.7 Å². The first kappa shape index (κ1) is 18.9. The molecule has 0 aliphatic rings. The molecule has 0 aliphatic heterocycles. The number of nitrogens with zero attached hydrogens (tertiary/aromatic N) is 6. The van der Waals surface area contributed by atoms with Gasteiger partial charge in [-0.2, -0.15) is 0 Å². The van der Waals surface area contributed by atoms with Crippen LogP contribution in [0.15, 0.2) is 95.4 Å². The van der Waals surface area contributed by atoms with E-state index in [0.29, 0.717) is 22.8 Å². The van der Waals surface area contributed by atoms with Crippen LogP contribution in [0.4, 0.5) is 0 Å². The molecule has 0 aromatic carbocycles. The number of nitrogens with two attached hydrogens (primary N) is 2. The van der Waals surface area contributed by atoms with Crippen LogP contribution < -0.4 is 11.5 Å². The molecule has 0 unspecified atom stereocenters. The van der Waals surface area contributed by atoms with Crippen molar-refractivity contribution in [2.24, 2.45) is 21.7 Å². The van der Waals surface area contributed by atoms with Crippen LogP contribution in [0.3, 0.4) is 0 Å². The van der Waals surface area contributed by atoms with E-state index in [9.17, 15) is 0 Å². The number of hydrogen-bond donors (Lipinski definition) is 2. The maximum absolute atomic E-state index is 6.06. The Balaban J connectivity index is 1.58. The molecule has 0 saturated carbocycles. The van der Waals surface area contributed by atoms with Gasteiger partial charge in [0.05, 0.1) is 22.8 Å². The molecule has 4 aromatic heterocycles. The van der Waals surface area contributed by atoms with Gasteiger partial charge in [-0.25, -0.2) is 9.97 Å². The van der Waals surface area contributed by atoms with Gasteiger partial charge < -0.3 is 11.5 Å². The molecule has 0 fully saturated rings. The largest absolute Gasteiger partial charge is 0.380 e. The van der Waals surface area contributed by atoms with E-state index in [1.165, 1.54) is 0 Å². The molecule has 146 valence electrons. The lowest BCUT2D eigenvalue weighted by Crippen LogP contribution is -2.18. The van der Waals surface area contributed by atoms with E-state index in [2.05, 4.69) is 30.1 Å². The first-order valence-corrected chi connectivity index (χ1v) is 9.15. The molecule has 0 atom stereocenters. The molecule has 8 heteroatoms. The highest BCUT2D eigenvalue weighted by atomic mass is 15.3. The van der Waals surface area contributed by atoms with Gasteiger partial charge in [-0.3, -0.25) is 9.97 Å². The van der Waals surface area contributed by atoms with Gasteiger partial charge in [-0.15, -0.1) is 10.2 Å². The zero-order valence-electron chi connectivity index (χ0n) is 15.9. The summed E-state index contributed by atoms with van der Waals surface area (Å²) in [6, 6.07) is 22.1. The summed E-state index contributed by atoms with van der Waals surface area (Å²) >= 11 is 0. The van der Waals surface area contributed by atoms with Crippen molar-refractivity contribution in [3.8, 4) is 22.8 Å². The third-order valence-electron chi connectivity index (χ3n) is 4.14. The molecule has 0 saturated heterocycles. The maximum atomic E-state index is 6.06. The van der Waals surface area contributed by atoms with Crippen LogP contribution in [0, 0.1) is 0 Å². The van der Waals surface area contributed by atoms with Crippen molar-refractivity contribution < 1.29 is 0 Å². The summed E-state index contributed by atoms with van der Waals surface area (Å²) in [5, 5.41) is 8.05. The van der Waals surface area contributed by atoms with Crippen molar-refractivity contribution in [2.45, 2.75) is 0 Å². The zero-order chi connectivity index (χ0) is 20.8. The van der Waals surface area contributed by atoms with Crippen LogP contribution in [-0.2, 0) is 0 Å². The third kappa shape index (κ3) is 4.33. The summed E-state index contributed by atoms with van der Waals surface area (Å²) in [5.41, 5.74) is 15.9. The summed E-state index contributed by atoms with van der Waals surface area (Å²) in [6.45, 7) is 0.